The van der Waals surface area contributed by atoms with E-state index in [0.717, 1.165) is 5.56 Å². The van der Waals surface area contributed by atoms with Crippen LogP contribution in [0.5, 0.6) is 0 Å². The topological polar surface area (TPSA) is 49.8 Å². The number of halogens is 1. The Balaban J connectivity index is 2.70. The average molecular weight is 297 g/mol. The summed E-state index contributed by atoms with van der Waals surface area (Å²) in [4.78, 5) is 13.4. The molecule has 5 heteroatoms. The SMILES string of the molecule is CCN(CC(C)C(=O)OC)CC(O)c1ccc(F)cc1C. The molecule has 0 aromatic heterocycles. The van der Waals surface area contributed by atoms with Gasteiger partial charge in [-0.15, -0.1) is 0 Å². The van der Waals surface area contributed by atoms with E-state index < -0.39 is 6.10 Å². The molecule has 0 saturated heterocycles. The van der Waals surface area contributed by atoms with Crippen LogP contribution in [-0.2, 0) is 9.53 Å². The van der Waals surface area contributed by atoms with Gasteiger partial charge < -0.3 is 9.84 Å². The minimum Gasteiger partial charge on any atom is -0.469 e. The molecule has 0 fully saturated rings. The Morgan fingerprint density at radius 3 is 2.62 bits per heavy atom. The second kappa shape index (κ2) is 8.10. The van der Waals surface area contributed by atoms with Crippen molar-refractivity contribution in [3.05, 3.63) is 35.1 Å². The average Bonchev–Trinajstić information content (AvgIpc) is 2.45. The first-order valence-electron chi connectivity index (χ1n) is 7.13. The van der Waals surface area contributed by atoms with Crippen LogP contribution in [0.3, 0.4) is 0 Å². The molecule has 2 unspecified atom stereocenters. The van der Waals surface area contributed by atoms with Gasteiger partial charge in [-0.2, -0.15) is 0 Å². The largest absolute Gasteiger partial charge is 0.469 e. The monoisotopic (exact) mass is 297 g/mol. The normalized spacial score (nSPS) is 14.0. The Hall–Kier alpha value is -1.46. The van der Waals surface area contributed by atoms with E-state index in [0.29, 0.717) is 25.2 Å². The highest BCUT2D eigenvalue weighted by molar-refractivity contribution is 5.72. The van der Waals surface area contributed by atoms with Crippen molar-refractivity contribution < 1.29 is 19.0 Å². The van der Waals surface area contributed by atoms with E-state index in [1.54, 1.807) is 19.9 Å². The highest BCUT2D eigenvalue weighted by Gasteiger charge is 2.20. The van der Waals surface area contributed by atoms with Crippen LogP contribution >= 0.6 is 0 Å². The molecule has 118 valence electrons. The van der Waals surface area contributed by atoms with E-state index in [4.69, 9.17) is 4.74 Å². The standard InChI is InChI=1S/C16H24FNO3/c1-5-18(9-12(3)16(20)21-4)10-15(19)14-7-6-13(17)8-11(14)2/h6-8,12,15,19H,5,9-10H2,1-4H3. The molecule has 0 bridgehead atoms. The van der Waals surface area contributed by atoms with Gasteiger partial charge in [-0.25, -0.2) is 4.39 Å². The third-order valence-corrected chi connectivity index (χ3v) is 3.60. The lowest BCUT2D eigenvalue weighted by Crippen LogP contribution is -2.35. The molecule has 0 aliphatic rings. The lowest BCUT2D eigenvalue weighted by atomic mass is 10.0. The zero-order valence-corrected chi connectivity index (χ0v) is 13.1. The van der Waals surface area contributed by atoms with Crippen molar-refractivity contribution in [3.8, 4) is 0 Å². The maximum Gasteiger partial charge on any atom is 0.309 e. The maximum absolute atomic E-state index is 13.1. The molecule has 0 aliphatic heterocycles. The number of benzene rings is 1. The highest BCUT2D eigenvalue weighted by atomic mass is 19.1. The van der Waals surface area contributed by atoms with Crippen LogP contribution < -0.4 is 0 Å². The fourth-order valence-electron chi connectivity index (χ4n) is 2.35. The number of aliphatic hydroxyl groups excluding tert-OH is 1. The van der Waals surface area contributed by atoms with Gasteiger partial charge in [-0.1, -0.05) is 19.9 Å². The van der Waals surface area contributed by atoms with Gasteiger partial charge in [0.2, 0.25) is 0 Å². The number of hydrogen-bond donors (Lipinski definition) is 1. The van der Waals surface area contributed by atoms with E-state index in [2.05, 4.69) is 0 Å². The lowest BCUT2D eigenvalue weighted by Gasteiger charge is -2.26. The summed E-state index contributed by atoms with van der Waals surface area (Å²) in [5, 5.41) is 10.3. The van der Waals surface area contributed by atoms with Crippen LogP contribution in [0.25, 0.3) is 0 Å². The Kier molecular flexibility index (Phi) is 6.78. The first-order chi connectivity index (χ1) is 9.88. The van der Waals surface area contributed by atoms with Crippen molar-refractivity contribution in [3.63, 3.8) is 0 Å². The van der Waals surface area contributed by atoms with Crippen LogP contribution in [0.2, 0.25) is 0 Å². The Morgan fingerprint density at radius 2 is 2.10 bits per heavy atom. The first kappa shape index (κ1) is 17.6. The minimum atomic E-state index is -0.713. The zero-order valence-electron chi connectivity index (χ0n) is 13.1. The third-order valence-electron chi connectivity index (χ3n) is 3.60. The maximum atomic E-state index is 13.1. The van der Waals surface area contributed by atoms with Crippen molar-refractivity contribution in [2.75, 3.05) is 26.7 Å². The number of aliphatic hydroxyl groups is 1. The number of rotatable bonds is 7. The number of nitrogens with zero attached hydrogens (tertiary/aromatic N) is 1. The molecule has 1 rings (SSSR count). The van der Waals surface area contributed by atoms with Crippen molar-refractivity contribution in [2.45, 2.75) is 26.9 Å². The van der Waals surface area contributed by atoms with E-state index in [1.807, 2.05) is 11.8 Å². The van der Waals surface area contributed by atoms with Crippen molar-refractivity contribution in [1.82, 2.24) is 4.90 Å². The predicted molar refractivity (Wildman–Crippen MR) is 79.4 cm³/mol. The number of ether oxygens (including phenoxy) is 1. The Labute approximate surface area is 125 Å². The summed E-state index contributed by atoms with van der Waals surface area (Å²) in [6, 6.07) is 4.36. The van der Waals surface area contributed by atoms with E-state index in [1.165, 1.54) is 19.2 Å². The number of hydrogen-bond acceptors (Lipinski definition) is 4. The molecule has 4 nitrogen and oxygen atoms in total. The third kappa shape index (κ3) is 5.10. The Bertz CT molecular complexity index is 479. The number of methoxy groups -OCH3 is 1. The highest BCUT2D eigenvalue weighted by Crippen LogP contribution is 2.20. The number of esters is 1. The van der Waals surface area contributed by atoms with Gasteiger partial charge in [0, 0.05) is 13.1 Å². The fraction of sp³-hybridized carbons (Fsp3) is 0.562. The van der Waals surface area contributed by atoms with E-state index in [9.17, 15) is 14.3 Å². The first-order valence-corrected chi connectivity index (χ1v) is 7.13. The number of likely N-dealkylation sites (N-methyl/N-ethyl adjacent to an activating group) is 1. The van der Waals surface area contributed by atoms with Crippen molar-refractivity contribution >= 4 is 5.97 Å². The second-order valence-electron chi connectivity index (χ2n) is 5.29. The van der Waals surface area contributed by atoms with Gasteiger partial charge in [0.05, 0.1) is 19.1 Å². The summed E-state index contributed by atoms with van der Waals surface area (Å²) in [5.74, 6) is -0.826. The molecule has 0 saturated carbocycles. The molecule has 0 heterocycles. The molecule has 0 amide bonds. The summed E-state index contributed by atoms with van der Waals surface area (Å²) in [6.07, 6.45) is -0.713. The smallest absolute Gasteiger partial charge is 0.309 e. The van der Waals surface area contributed by atoms with Crippen LogP contribution in [0, 0.1) is 18.7 Å². The van der Waals surface area contributed by atoms with Crippen LogP contribution in [-0.4, -0.2) is 42.7 Å². The molecule has 2 atom stereocenters. The summed E-state index contributed by atoms with van der Waals surface area (Å²) in [7, 11) is 1.37. The summed E-state index contributed by atoms with van der Waals surface area (Å²) in [5.41, 5.74) is 1.43. The molecule has 0 aliphatic carbocycles. The molecule has 0 spiro atoms. The fourth-order valence-corrected chi connectivity index (χ4v) is 2.35. The van der Waals surface area contributed by atoms with Gasteiger partial charge in [0.15, 0.2) is 0 Å². The molecule has 1 N–H and O–H groups in total. The number of carbonyl (C=O) groups is 1. The van der Waals surface area contributed by atoms with Gasteiger partial charge in [-0.3, -0.25) is 9.69 Å². The molecular weight excluding hydrogens is 273 g/mol. The van der Waals surface area contributed by atoms with E-state index >= 15 is 0 Å². The van der Waals surface area contributed by atoms with Crippen LogP contribution in [0.4, 0.5) is 4.39 Å². The van der Waals surface area contributed by atoms with Crippen molar-refractivity contribution in [2.24, 2.45) is 5.92 Å². The number of carbonyl (C=O) groups excluding carboxylic acids is 1. The van der Waals surface area contributed by atoms with Gasteiger partial charge >= 0.3 is 5.97 Å². The summed E-state index contributed by atoms with van der Waals surface area (Å²) >= 11 is 0. The summed E-state index contributed by atoms with van der Waals surface area (Å²) < 4.78 is 17.8. The second-order valence-corrected chi connectivity index (χ2v) is 5.29. The molecular formula is C16H24FNO3. The number of aryl methyl sites for hydroxylation is 1. The molecule has 0 radical (unpaired) electrons. The van der Waals surface area contributed by atoms with Crippen LogP contribution in [0.15, 0.2) is 18.2 Å². The van der Waals surface area contributed by atoms with Gasteiger partial charge in [-0.05, 0) is 36.7 Å². The van der Waals surface area contributed by atoms with Crippen molar-refractivity contribution in [1.29, 1.82) is 0 Å². The van der Waals surface area contributed by atoms with Crippen LogP contribution in [0.1, 0.15) is 31.1 Å². The van der Waals surface area contributed by atoms with Gasteiger partial charge in [0.1, 0.15) is 5.82 Å². The van der Waals surface area contributed by atoms with Gasteiger partial charge in [0.25, 0.3) is 0 Å². The molecule has 1 aromatic rings. The quantitative estimate of drug-likeness (QED) is 0.785. The van der Waals surface area contributed by atoms with E-state index in [-0.39, 0.29) is 17.7 Å². The zero-order chi connectivity index (χ0) is 16.0. The molecule has 21 heavy (non-hydrogen) atoms. The lowest BCUT2D eigenvalue weighted by molar-refractivity contribution is -0.145. The Morgan fingerprint density at radius 1 is 1.43 bits per heavy atom. The predicted octanol–water partition coefficient (Wildman–Crippen LogP) is 2.30. The summed E-state index contributed by atoms with van der Waals surface area (Å²) in [6.45, 7) is 7.15. The molecule has 1 aromatic carbocycles. The minimum absolute atomic E-state index is 0.253.